The van der Waals surface area contributed by atoms with Crippen molar-refractivity contribution in [1.82, 2.24) is 9.97 Å². The van der Waals surface area contributed by atoms with Gasteiger partial charge in [-0.2, -0.15) is 0 Å². The Bertz CT molecular complexity index is 488. The molecule has 1 aromatic carbocycles. The predicted octanol–water partition coefficient (Wildman–Crippen LogP) is 1.07. The number of aromatic nitrogens is 2. The second-order valence-corrected chi connectivity index (χ2v) is 3.06. The largest absolute Gasteiger partial charge is 0.507 e. The van der Waals surface area contributed by atoms with Gasteiger partial charge in [-0.25, -0.2) is 4.98 Å². The van der Waals surface area contributed by atoms with E-state index < -0.39 is 5.91 Å². The zero-order valence-corrected chi connectivity index (χ0v) is 8.14. The van der Waals surface area contributed by atoms with Gasteiger partial charge in [0.1, 0.15) is 17.1 Å². The van der Waals surface area contributed by atoms with Crippen LogP contribution in [0, 0.1) is 0 Å². The molecule has 0 bridgehead atoms. The number of imidazole rings is 1. The van der Waals surface area contributed by atoms with Gasteiger partial charge in [0.05, 0.1) is 0 Å². The lowest BCUT2D eigenvalue weighted by atomic mass is 10.1. The average molecular weight is 219 g/mol. The van der Waals surface area contributed by atoms with Gasteiger partial charge in [-0.05, 0) is 12.1 Å². The van der Waals surface area contributed by atoms with Crippen molar-refractivity contribution < 1.29 is 15.0 Å². The quantitative estimate of drug-likeness (QED) is 0.607. The lowest BCUT2D eigenvalue weighted by Gasteiger charge is -2.05. The van der Waals surface area contributed by atoms with Crippen molar-refractivity contribution in [3.8, 4) is 11.5 Å². The first kappa shape index (κ1) is 10.0. The number of hydrogen-bond acceptors (Lipinski definition) is 4. The highest BCUT2D eigenvalue weighted by atomic mass is 16.3. The average Bonchev–Trinajstić information content (AvgIpc) is 2.70. The van der Waals surface area contributed by atoms with Gasteiger partial charge < -0.3 is 15.2 Å². The standard InChI is InChI=1S/C10H9N3O3/c14-6-2-1-3-7(15)8(6)9(16)13-10-11-4-5-12-10/h1-5,14-15H,(H2,11,12,13,16). The third-order valence-corrected chi connectivity index (χ3v) is 1.98. The number of nitrogens with zero attached hydrogens (tertiary/aromatic N) is 1. The van der Waals surface area contributed by atoms with E-state index in [1.807, 2.05) is 0 Å². The fraction of sp³-hybridized carbons (Fsp3) is 0. The Labute approximate surface area is 90.6 Å². The molecule has 0 spiro atoms. The number of phenolic OH excluding ortho intramolecular Hbond substituents is 2. The highest BCUT2D eigenvalue weighted by molar-refractivity contribution is 6.07. The molecule has 0 saturated heterocycles. The van der Waals surface area contributed by atoms with E-state index in [-0.39, 0.29) is 23.0 Å². The zero-order chi connectivity index (χ0) is 11.5. The van der Waals surface area contributed by atoms with Crippen molar-refractivity contribution in [2.24, 2.45) is 0 Å². The molecule has 0 fully saturated rings. The van der Waals surface area contributed by atoms with Crippen LogP contribution in [0.1, 0.15) is 10.4 Å². The minimum Gasteiger partial charge on any atom is -0.507 e. The maximum absolute atomic E-state index is 11.7. The first-order valence-electron chi connectivity index (χ1n) is 4.50. The van der Waals surface area contributed by atoms with Gasteiger partial charge in [0.25, 0.3) is 5.91 Å². The molecule has 0 atom stereocenters. The second-order valence-electron chi connectivity index (χ2n) is 3.06. The molecular formula is C10H9N3O3. The number of H-pyrrole nitrogens is 1. The van der Waals surface area contributed by atoms with E-state index in [2.05, 4.69) is 15.3 Å². The highest BCUT2D eigenvalue weighted by Crippen LogP contribution is 2.26. The minimum atomic E-state index is -0.634. The predicted molar refractivity (Wildman–Crippen MR) is 56.3 cm³/mol. The number of carbonyl (C=O) groups is 1. The SMILES string of the molecule is O=C(Nc1ncc[nH]1)c1c(O)cccc1O. The third-order valence-electron chi connectivity index (χ3n) is 1.98. The van der Waals surface area contributed by atoms with Crippen LogP contribution in [0.2, 0.25) is 0 Å². The summed E-state index contributed by atoms with van der Waals surface area (Å²) < 4.78 is 0. The Morgan fingerprint density at radius 2 is 2.00 bits per heavy atom. The number of hydrogen-bond donors (Lipinski definition) is 4. The summed E-state index contributed by atoms with van der Waals surface area (Å²) in [5.41, 5.74) is -0.182. The van der Waals surface area contributed by atoms with E-state index in [9.17, 15) is 15.0 Å². The normalized spacial score (nSPS) is 10.0. The first-order chi connectivity index (χ1) is 7.68. The summed E-state index contributed by atoms with van der Waals surface area (Å²) in [4.78, 5) is 18.1. The molecule has 0 aliphatic heterocycles. The fourth-order valence-electron chi connectivity index (χ4n) is 1.26. The topological polar surface area (TPSA) is 98.2 Å². The Hall–Kier alpha value is -2.50. The van der Waals surface area contributed by atoms with Crippen molar-refractivity contribution in [2.45, 2.75) is 0 Å². The summed E-state index contributed by atoms with van der Waals surface area (Å²) >= 11 is 0. The Kier molecular flexibility index (Phi) is 2.47. The molecule has 0 unspecified atom stereocenters. The number of phenols is 2. The third kappa shape index (κ3) is 1.81. The van der Waals surface area contributed by atoms with Crippen molar-refractivity contribution in [2.75, 3.05) is 5.32 Å². The number of nitrogens with one attached hydrogen (secondary N) is 2. The molecule has 4 N–H and O–H groups in total. The van der Waals surface area contributed by atoms with Crippen LogP contribution < -0.4 is 5.32 Å². The summed E-state index contributed by atoms with van der Waals surface area (Å²) in [5, 5.41) is 21.3. The maximum Gasteiger partial charge on any atom is 0.265 e. The molecular weight excluding hydrogens is 210 g/mol. The Morgan fingerprint density at radius 3 is 2.56 bits per heavy atom. The summed E-state index contributed by atoms with van der Waals surface area (Å²) in [6.07, 6.45) is 3.01. The molecule has 6 heteroatoms. The molecule has 1 amide bonds. The molecule has 0 radical (unpaired) electrons. The van der Waals surface area contributed by atoms with Crippen LogP contribution in [-0.4, -0.2) is 26.1 Å². The number of benzene rings is 1. The van der Waals surface area contributed by atoms with Crippen LogP contribution in [0.3, 0.4) is 0 Å². The molecule has 2 aromatic rings. The van der Waals surface area contributed by atoms with Crippen LogP contribution >= 0.6 is 0 Å². The molecule has 82 valence electrons. The lowest BCUT2D eigenvalue weighted by Crippen LogP contribution is -2.13. The number of amides is 1. The van der Waals surface area contributed by atoms with E-state index in [1.54, 1.807) is 6.20 Å². The highest BCUT2D eigenvalue weighted by Gasteiger charge is 2.16. The summed E-state index contributed by atoms with van der Waals surface area (Å²) in [6.45, 7) is 0. The molecule has 0 aliphatic carbocycles. The number of aromatic hydroxyl groups is 2. The van der Waals surface area contributed by atoms with Crippen molar-refractivity contribution in [3.05, 3.63) is 36.2 Å². The van der Waals surface area contributed by atoms with Gasteiger partial charge >= 0.3 is 0 Å². The van der Waals surface area contributed by atoms with Gasteiger partial charge in [0.2, 0.25) is 5.95 Å². The number of rotatable bonds is 2. The summed E-state index contributed by atoms with van der Waals surface area (Å²) in [5.74, 6) is -0.966. The van der Waals surface area contributed by atoms with E-state index in [4.69, 9.17) is 0 Å². The maximum atomic E-state index is 11.7. The van der Waals surface area contributed by atoms with Gasteiger partial charge in [-0.15, -0.1) is 0 Å². The van der Waals surface area contributed by atoms with E-state index in [0.29, 0.717) is 0 Å². The molecule has 1 heterocycles. The first-order valence-corrected chi connectivity index (χ1v) is 4.50. The molecule has 2 rings (SSSR count). The van der Waals surface area contributed by atoms with Crippen LogP contribution in [0.25, 0.3) is 0 Å². The number of aromatic amines is 1. The molecule has 1 aromatic heterocycles. The minimum absolute atomic E-state index is 0.182. The fourth-order valence-corrected chi connectivity index (χ4v) is 1.26. The Morgan fingerprint density at radius 1 is 1.31 bits per heavy atom. The smallest absolute Gasteiger partial charge is 0.265 e. The van der Waals surface area contributed by atoms with E-state index >= 15 is 0 Å². The zero-order valence-electron chi connectivity index (χ0n) is 8.14. The number of carbonyl (C=O) groups excluding carboxylic acids is 1. The van der Waals surface area contributed by atoms with Crippen LogP contribution in [0.5, 0.6) is 11.5 Å². The van der Waals surface area contributed by atoms with E-state index in [1.165, 1.54) is 24.4 Å². The van der Waals surface area contributed by atoms with Gasteiger partial charge in [0.15, 0.2) is 0 Å². The molecule has 0 saturated carbocycles. The molecule has 0 aliphatic rings. The van der Waals surface area contributed by atoms with E-state index in [0.717, 1.165) is 0 Å². The monoisotopic (exact) mass is 219 g/mol. The van der Waals surface area contributed by atoms with Crippen molar-refractivity contribution >= 4 is 11.9 Å². The second kappa shape index (κ2) is 3.93. The Balaban J connectivity index is 2.28. The van der Waals surface area contributed by atoms with Crippen molar-refractivity contribution in [1.29, 1.82) is 0 Å². The van der Waals surface area contributed by atoms with Gasteiger partial charge in [-0.1, -0.05) is 6.07 Å². The number of anilines is 1. The van der Waals surface area contributed by atoms with Crippen LogP contribution in [0.4, 0.5) is 5.95 Å². The van der Waals surface area contributed by atoms with Crippen LogP contribution in [-0.2, 0) is 0 Å². The van der Waals surface area contributed by atoms with Crippen molar-refractivity contribution in [3.63, 3.8) is 0 Å². The summed E-state index contributed by atoms with van der Waals surface area (Å²) in [6, 6.07) is 4.07. The lowest BCUT2D eigenvalue weighted by molar-refractivity contribution is 0.102. The van der Waals surface area contributed by atoms with Crippen LogP contribution in [0.15, 0.2) is 30.6 Å². The molecule has 6 nitrogen and oxygen atoms in total. The summed E-state index contributed by atoms with van der Waals surface area (Å²) in [7, 11) is 0. The van der Waals surface area contributed by atoms with Gasteiger partial charge in [0, 0.05) is 12.4 Å². The molecule has 16 heavy (non-hydrogen) atoms. The van der Waals surface area contributed by atoms with Gasteiger partial charge in [-0.3, -0.25) is 10.1 Å².